The van der Waals surface area contributed by atoms with E-state index in [0.29, 0.717) is 23.7 Å². The normalized spacial score (nSPS) is 31.4. The number of carboxylic acid groups (broad SMARTS) is 1. The van der Waals surface area contributed by atoms with Crippen LogP contribution in [0.25, 0.3) is 0 Å². The minimum atomic E-state index is -0.885. The summed E-state index contributed by atoms with van der Waals surface area (Å²) in [6.07, 6.45) is 3.11. The van der Waals surface area contributed by atoms with Gasteiger partial charge in [0.1, 0.15) is 6.04 Å². The Bertz CT molecular complexity index is 280. The molecule has 2 saturated carbocycles. The highest BCUT2D eigenvalue weighted by molar-refractivity contribution is 7.99. The molecule has 92 valence electrons. The molecule has 2 rings (SSSR count). The largest absolute Gasteiger partial charge is 0.480 e. The van der Waals surface area contributed by atoms with Crippen LogP contribution >= 0.6 is 11.8 Å². The fourth-order valence-corrected chi connectivity index (χ4v) is 4.00. The van der Waals surface area contributed by atoms with Gasteiger partial charge in [-0.25, -0.2) is 0 Å². The summed E-state index contributed by atoms with van der Waals surface area (Å²) < 4.78 is 0. The zero-order valence-corrected chi connectivity index (χ0v) is 10.1. The summed E-state index contributed by atoms with van der Waals surface area (Å²) in [5, 5.41) is 17.5. The van der Waals surface area contributed by atoms with E-state index in [0.717, 1.165) is 11.5 Å². The van der Waals surface area contributed by atoms with E-state index in [9.17, 15) is 4.79 Å². The van der Waals surface area contributed by atoms with Crippen LogP contribution in [0, 0.1) is 17.3 Å². The average molecular weight is 245 g/mol. The summed E-state index contributed by atoms with van der Waals surface area (Å²) in [6.45, 7) is 0.226. The summed E-state index contributed by atoms with van der Waals surface area (Å²) in [5.74, 6) is 2.12. The Kier molecular flexibility index (Phi) is 3.47. The number of rotatable bonds is 7. The number of hydrogen-bond donors (Lipinski definition) is 3. The van der Waals surface area contributed by atoms with E-state index in [2.05, 4.69) is 0 Å². The van der Waals surface area contributed by atoms with Gasteiger partial charge in [0.15, 0.2) is 0 Å². The lowest BCUT2D eigenvalue weighted by Crippen LogP contribution is -2.30. The molecule has 2 fully saturated rings. The van der Waals surface area contributed by atoms with Crippen LogP contribution < -0.4 is 5.73 Å². The lowest BCUT2D eigenvalue weighted by Gasteiger charge is -2.05. The molecule has 0 aromatic heterocycles. The summed E-state index contributed by atoms with van der Waals surface area (Å²) >= 11 is 1.77. The minimum absolute atomic E-state index is 0.226. The molecule has 0 radical (unpaired) electrons. The van der Waals surface area contributed by atoms with Crippen molar-refractivity contribution in [2.45, 2.75) is 25.3 Å². The molecule has 0 aromatic carbocycles. The second kappa shape index (κ2) is 4.55. The van der Waals surface area contributed by atoms with Gasteiger partial charge in [0.05, 0.1) is 6.61 Å². The third-order valence-corrected chi connectivity index (χ3v) is 5.11. The summed E-state index contributed by atoms with van der Waals surface area (Å²) in [4.78, 5) is 10.7. The highest BCUT2D eigenvalue weighted by Gasteiger charge is 2.70. The van der Waals surface area contributed by atoms with Crippen LogP contribution in [0.3, 0.4) is 0 Å². The molecular formula is C11H19NO3S. The second-order valence-electron chi connectivity index (χ2n) is 4.93. The highest BCUT2D eigenvalue weighted by Crippen LogP contribution is 2.76. The Hall–Kier alpha value is -0.260. The van der Waals surface area contributed by atoms with Crippen LogP contribution in [0.4, 0.5) is 0 Å². The molecule has 1 spiro atoms. The van der Waals surface area contributed by atoms with Crippen molar-refractivity contribution in [3.63, 3.8) is 0 Å². The molecule has 3 unspecified atom stereocenters. The zero-order valence-electron chi connectivity index (χ0n) is 9.26. The zero-order chi connectivity index (χ0) is 11.8. The Labute approximate surface area is 99.6 Å². The Morgan fingerprint density at radius 2 is 2.19 bits per heavy atom. The number of aliphatic hydroxyl groups is 1. The third-order valence-electron chi connectivity index (χ3n) is 4.04. The van der Waals surface area contributed by atoms with Crippen LogP contribution in [0.1, 0.15) is 19.3 Å². The maximum Gasteiger partial charge on any atom is 0.320 e. The summed E-state index contributed by atoms with van der Waals surface area (Å²) in [6, 6.07) is -0.699. The number of nitrogens with two attached hydrogens (primary N) is 1. The molecule has 0 bridgehead atoms. The van der Waals surface area contributed by atoms with Gasteiger partial charge in [-0.2, -0.15) is 11.8 Å². The first kappa shape index (κ1) is 12.2. The first-order chi connectivity index (χ1) is 7.62. The van der Waals surface area contributed by atoms with E-state index in [-0.39, 0.29) is 6.61 Å². The lowest BCUT2D eigenvalue weighted by molar-refractivity contribution is -0.138. The summed E-state index contributed by atoms with van der Waals surface area (Å²) in [7, 11) is 0. The second-order valence-corrected chi connectivity index (χ2v) is 6.07. The van der Waals surface area contributed by atoms with Crippen molar-refractivity contribution in [3.8, 4) is 0 Å². The van der Waals surface area contributed by atoms with Crippen LogP contribution in [-0.2, 0) is 4.79 Å². The van der Waals surface area contributed by atoms with Gasteiger partial charge in [0, 0.05) is 5.75 Å². The SMILES string of the molecule is NC(CC1C(CSCCO)C12CC2)C(=O)O. The number of aliphatic hydroxyl groups excluding tert-OH is 1. The fourth-order valence-electron chi connectivity index (χ4n) is 2.89. The van der Waals surface area contributed by atoms with Gasteiger partial charge in [-0.1, -0.05) is 0 Å². The van der Waals surface area contributed by atoms with E-state index >= 15 is 0 Å². The highest BCUT2D eigenvalue weighted by atomic mass is 32.2. The third kappa shape index (κ3) is 2.21. The van der Waals surface area contributed by atoms with Gasteiger partial charge in [-0.3, -0.25) is 4.79 Å². The smallest absolute Gasteiger partial charge is 0.320 e. The molecule has 0 heterocycles. The molecule has 4 nitrogen and oxygen atoms in total. The molecule has 2 aliphatic rings. The van der Waals surface area contributed by atoms with E-state index in [1.54, 1.807) is 11.8 Å². The standard InChI is InChI=1S/C11H19NO3S/c12-9(10(14)15)5-7-8(6-16-4-3-13)11(7)1-2-11/h7-9,13H,1-6,12H2,(H,14,15). The molecule has 5 heteroatoms. The first-order valence-corrected chi connectivity index (χ1v) is 6.94. The molecule has 4 N–H and O–H groups in total. The monoisotopic (exact) mass is 245 g/mol. The van der Waals surface area contributed by atoms with Gasteiger partial charge >= 0.3 is 5.97 Å². The first-order valence-electron chi connectivity index (χ1n) is 5.79. The Morgan fingerprint density at radius 3 is 2.69 bits per heavy atom. The topological polar surface area (TPSA) is 83.5 Å². The maximum atomic E-state index is 10.7. The quantitative estimate of drug-likeness (QED) is 0.570. The summed E-state index contributed by atoms with van der Waals surface area (Å²) in [5.41, 5.74) is 6.03. The van der Waals surface area contributed by atoms with Gasteiger partial charge in [0.25, 0.3) is 0 Å². The number of hydrogen-bond acceptors (Lipinski definition) is 4. The van der Waals surface area contributed by atoms with Crippen LogP contribution in [0.15, 0.2) is 0 Å². The number of aliphatic carboxylic acids is 1. The maximum absolute atomic E-state index is 10.7. The molecule has 3 atom stereocenters. The van der Waals surface area contributed by atoms with E-state index in [4.69, 9.17) is 15.9 Å². The number of carbonyl (C=O) groups is 1. The predicted octanol–water partition coefficient (Wildman–Crippen LogP) is 0.540. The van der Waals surface area contributed by atoms with Crippen molar-refractivity contribution in [1.29, 1.82) is 0 Å². The molecular weight excluding hydrogens is 226 g/mol. The van der Waals surface area contributed by atoms with Gasteiger partial charge < -0.3 is 15.9 Å². The van der Waals surface area contributed by atoms with Crippen molar-refractivity contribution < 1.29 is 15.0 Å². The average Bonchev–Trinajstić information content (AvgIpc) is 3.12. The van der Waals surface area contributed by atoms with Crippen molar-refractivity contribution in [3.05, 3.63) is 0 Å². The van der Waals surface area contributed by atoms with Crippen molar-refractivity contribution in [1.82, 2.24) is 0 Å². The molecule has 0 aliphatic heterocycles. The van der Waals surface area contributed by atoms with Crippen LogP contribution in [0.2, 0.25) is 0 Å². The van der Waals surface area contributed by atoms with Crippen LogP contribution in [-0.4, -0.2) is 40.3 Å². The lowest BCUT2D eigenvalue weighted by atomic mass is 10.1. The van der Waals surface area contributed by atoms with Crippen molar-refractivity contribution in [2.75, 3.05) is 18.1 Å². The van der Waals surface area contributed by atoms with Crippen molar-refractivity contribution in [2.24, 2.45) is 23.0 Å². The molecule has 0 aromatic rings. The number of thioether (sulfide) groups is 1. The van der Waals surface area contributed by atoms with Gasteiger partial charge in [0.2, 0.25) is 0 Å². The van der Waals surface area contributed by atoms with Crippen molar-refractivity contribution >= 4 is 17.7 Å². The van der Waals surface area contributed by atoms with E-state index in [1.165, 1.54) is 12.8 Å². The minimum Gasteiger partial charge on any atom is -0.480 e. The molecule has 0 saturated heterocycles. The van der Waals surface area contributed by atoms with E-state index < -0.39 is 12.0 Å². The van der Waals surface area contributed by atoms with Gasteiger partial charge in [-0.15, -0.1) is 0 Å². The molecule has 0 amide bonds. The Balaban J connectivity index is 1.76. The number of carboxylic acids is 1. The van der Waals surface area contributed by atoms with E-state index in [1.807, 2.05) is 0 Å². The predicted molar refractivity (Wildman–Crippen MR) is 63.3 cm³/mol. The van der Waals surface area contributed by atoms with Crippen LogP contribution in [0.5, 0.6) is 0 Å². The molecule has 16 heavy (non-hydrogen) atoms. The molecule has 2 aliphatic carbocycles. The van der Waals surface area contributed by atoms with Gasteiger partial charge in [-0.05, 0) is 42.3 Å². The Morgan fingerprint density at radius 1 is 1.50 bits per heavy atom. The fraction of sp³-hybridized carbons (Fsp3) is 0.909.